The Labute approximate surface area is 280 Å². The first-order chi connectivity index (χ1) is 21.3. The van der Waals surface area contributed by atoms with Gasteiger partial charge in [0.1, 0.15) is 0 Å². The van der Waals surface area contributed by atoms with Crippen molar-refractivity contribution in [3.8, 4) is 0 Å². The molecule has 3 aromatic carbocycles. The lowest BCUT2D eigenvalue weighted by Crippen LogP contribution is -2.10. The normalized spacial score (nSPS) is 12.9. The average molecular weight is 617 g/mol. The number of rotatable bonds is 0. The fourth-order valence-electron chi connectivity index (χ4n) is 5.53. The first kappa shape index (κ1) is 36.7. The second-order valence-corrected chi connectivity index (χ2v) is 16.7. The topological polar surface area (TPSA) is 31.6 Å². The molecule has 46 heavy (non-hydrogen) atoms. The molecule has 0 unspecified atom stereocenters. The minimum Gasteiger partial charge on any atom is -0.367 e. The van der Waals surface area contributed by atoms with E-state index in [9.17, 15) is 0 Å². The zero-order chi connectivity index (χ0) is 34.3. The van der Waals surface area contributed by atoms with E-state index < -0.39 is 0 Å². The third-order valence-corrected chi connectivity index (χ3v) is 8.42. The number of nitrogens with one attached hydrogen (secondary N) is 2. The molecule has 1 aliphatic carbocycles. The van der Waals surface area contributed by atoms with Gasteiger partial charge >= 0.3 is 0 Å². The summed E-state index contributed by atoms with van der Waals surface area (Å²) in [7, 11) is 0. The zero-order valence-electron chi connectivity index (χ0n) is 31.0. The monoisotopic (exact) mass is 616 g/mol. The number of hydrogen-bond donors (Lipinski definition) is 2. The summed E-state index contributed by atoms with van der Waals surface area (Å²) in [6.45, 7) is 29.0. The van der Waals surface area contributed by atoms with Gasteiger partial charge < -0.3 is 9.97 Å². The highest BCUT2D eigenvalue weighted by molar-refractivity contribution is 5.84. The van der Waals surface area contributed by atoms with Crippen molar-refractivity contribution < 1.29 is 0 Å². The van der Waals surface area contributed by atoms with E-state index in [0.29, 0.717) is 5.41 Å². The lowest BCUT2D eigenvalue weighted by atomic mass is 9.83. The first-order valence-corrected chi connectivity index (χ1v) is 16.8. The van der Waals surface area contributed by atoms with Gasteiger partial charge in [-0.05, 0) is 80.5 Å². The van der Waals surface area contributed by atoms with Gasteiger partial charge in [0.05, 0.1) is 0 Å². The molecule has 2 aromatic heterocycles. The predicted molar refractivity (Wildman–Crippen MR) is 204 cm³/mol. The lowest BCUT2D eigenvalue weighted by Gasteiger charge is -2.21. The molecule has 0 radical (unpaired) electrons. The fourth-order valence-corrected chi connectivity index (χ4v) is 5.53. The summed E-state index contributed by atoms with van der Waals surface area (Å²) < 4.78 is 0. The predicted octanol–water partition coefficient (Wildman–Crippen LogP) is 12.7. The van der Waals surface area contributed by atoms with Gasteiger partial charge in [0.15, 0.2) is 0 Å². The van der Waals surface area contributed by atoms with Crippen molar-refractivity contribution in [2.45, 2.75) is 113 Å². The summed E-state index contributed by atoms with van der Waals surface area (Å²) in [5, 5.41) is 1.34. The molecule has 2 N–H and O–H groups in total. The van der Waals surface area contributed by atoms with Gasteiger partial charge in [0.25, 0.3) is 0 Å². The Morgan fingerprint density at radius 3 is 1.65 bits per heavy atom. The molecule has 2 heterocycles. The quantitative estimate of drug-likeness (QED) is 0.173. The van der Waals surface area contributed by atoms with Gasteiger partial charge in [0, 0.05) is 29.5 Å². The molecule has 0 spiro atoms. The van der Waals surface area contributed by atoms with Crippen LogP contribution in [-0.2, 0) is 22.7 Å². The number of allylic oxidation sites excluding steroid dienone is 2. The molecule has 0 fully saturated rings. The summed E-state index contributed by atoms with van der Waals surface area (Å²) >= 11 is 0. The molecule has 0 bridgehead atoms. The molecule has 246 valence electrons. The second-order valence-electron chi connectivity index (χ2n) is 16.7. The summed E-state index contributed by atoms with van der Waals surface area (Å²) in [5.74, 6) is 0. The van der Waals surface area contributed by atoms with Crippen LogP contribution in [0.15, 0.2) is 104 Å². The second kappa shape index (κ2) is 14.8. The summed E-state index contributed by atoms with van der Waals surface area (Å²) in [6, 6.07) is 28.0. The van der Waals surface area contributed by atoms with E-state index >= 15 is 0 Å². The van der Waals surface area contributed by atoms with Crippen LogP contribution in [0.1, 0.15) is 116 Å². The van der Waals surface area contributed by atoms with E-state index in [-0.39, 0.29) is 16.2 Å². The van der Waals surface area contributed by atoms with E-state index in [1.165, 1.54) is 49.9 Å². The first-order valence-electron chi connectivity index (χ1n) is 16.8. The van der Waals surface area contributed by atoms with Gasteiger partial charge in [-0.2, -0.15) is 0 Å². The molecule has 2 heteroatoms. The van der Waals surface area contributed by atoms with Gasteiger partial charge in [0.2, 0.25) is 0 Å². The number of benzene rings is 3. The van der Waals surface area contributed by atoms with Crippen molar-refractivity contribution in [2.75, 3.05) is 0 Å². The Hall–Kier alpha value is -3.78. The Bertz CT molecular complexity index is 1660. The van der Waals surface area contributed by atoms with Crippen LogP contribution < -0.4 is 0 Å². The summed E-state index contributed by atoms with van der Waals surface area (Å²) in [4.78, 5) is 6.33. The molecule has 2 nitrogen and oxygen atoms in total. The van der Waals surface area contributed by atoms with Crippen molar-refractivity contribution in [2.24, 2.45) is 5.41 Å². The van der Waals surface area contributed by atoms with Crippen LogP contribution in [0.3, 0.4) is 0 Å². The van der Waals surface area contributed by atoms with Gasteiger partial charge in [-0.3, -0.25) is 0 Å². The molecule has 0 saturated carbocycles. The minimum absolute atomic E-state index is 0.222. The van der Waals surface area contributed by atoms with E-state index in [1.807, 2.05) is 12.4 Å². The van der Waals surface area contributed by atoms with Crippen molar-refractivity contribution in [1.82, 2.24) is 9.97 Å². The summed E-state index contributed by atoms with van der Waals surface area (Å²) in [5.41, 5.74) is 12.2. The van der Waals surface area contributed by atoms with Crippen molar-refractivity contribution in [3.05, 3.63) is 137 Å². The number of aromatic amines is 2. The Kier molecular flexibility index (Phi) is 11.8. The van der Waals surface area contributed by atoms with E-state index in [0.717, 1.165) is 6.42 Å². The Morgan fingerprint density at radius 1 is 0.543 bits per heavy atom. The Morgan fingerprint density at radius 2 is 1.13 bits per heavy atom. The molecule has 0 amide bonds. The van der Waals surface area contributed by atoms with E-state index in [2.05, 4.69) is 191 Å². The van der Waals surface area contributed by atoms with E-state index in [1.54, 1.807) is 0 Å². The van der Waals surface area contributed by atoms with Crippen LogP contribution in [0.25, 0.3) is 16.5 Å². The van der Waals surface area contributed by atoms with Crippen LogP contribution in [0.5, 0.6) is 0 Å². The number of aromatic nitrogens is 2. The maximum atomic E-state index is 3.29. The maximum Gasteiger partial charge on any atom is 0.0456 e. The highest BCUT2D eigenvalue weighted by Gasteiger charge is 2.23. The van der Waals surface area contributed by atoms with Gasteiger partial charge in [-0.25, -0.2) is 0 Å². The number of H-pyrrole nitrogens is 2. The largest absolute Gasteiger partial charge is 0.367 e. The van der Waals surface area contributed by atoms with Crippen molar-refractivity contribution in [3.63, 3.8) is 0 Å². The van der Waals surface area contributed by atoms with Crippen molar-refractivity contribution in [1.29, 1.82) is 0 Å². The molecule has 0 aliphatic heterocycles. The number of fused-ring (bicyclic) bond motifs is 2. The fraction of sp³-hybridized carbons (Fsp3) is 0.409. The highest BCUT2D eigenvalue weighted by atomic mass is 14.7. The number of hydrogen-bond acceptors (Lipinski definition) is 0. The highest BCUT2D eigenvalue weighted by Crippen LogP contribution is 2.39. The molecule has 1 aliphatic rings. The average Bonchev–Trinajstić information content (AvgIpc) is 3.73. The lowest BCUT2D eigenvalue weighted by molar-refractivity contribution is 0.567. The van der Waals surface area contributed by atoms with Crippen LogP contribution in [0, 0.1) is 12.3 Å². The van der Waals surface area contributed by atoms with Crippen LogP contribution in [0.4, 0.5) is 0 Å². The molecular formula is C44H60N2. The minimum atomic E-state index is 0.222. The van der Waals surface area contributed by atoms with Crippen LogP contribution in [0.2, 0.25) is 0 Å². The molecule has 5 aromatic rings. The maximum absolute atomic E-state index is 3.29. The number of aryl methyl sites for hydroxylation is 1. The van der Waals surface area contributed by atoms with Gasteiger partial charge in [-0.15, -0.1) is 0 Å². The van der Waals surface area contributed by atoms with Crippen LogP contribution >= 0.6 is 0 Å². The third kappa shape index (κ3) is 10.4. The van der Waals surface area contributed by atoms with Crippen LogP contribution in [-0.4, -0.2) is 9.97 Å². The molecule has 6 rings (SSSR count). The number of para-hydroxylation sites is 1. The van der Waals surface area contributed by atoms with E-state index in [4.69, 9.17) is 0 Å². The third-order valence-electron chi connectivity index (χ3n) is 8.42. The molecule has 0 atom stereocenters. The smallest absolute Gasteiger partial charge is 0.0456 e. The molecular weight excluding hydrogens is 556 g/mol. The summed E-state index contributed by atoms with van der Waals surface area (Å²) in [6.07, 6.45) is 9.60. The zero-order valence-corrected chi connectivity index (χ0v) is 31.0. The SMILES string of the molecule is CC(C)(C)C1=CCc2ccccc21.CC(C)(C)c1c[nH]c2ccccc12.CC(C)(C)c1cc[nH]c1.Cc1ccc(C(C)(C)C)cc1. The molecule has 0 saturated heterocycles. The van der Waals surface area contributed by atoms with Crippen molar-refractivity contribution >= 4 is 16.5 Å². The Balaban J connectivity index is 0.000000169. The standard InChI is InChI=1S/C13H16.C12H15N.C11H16.C8H13N/c1-13(2,3)12-9-8-10-6-4-5-7-11(10)12;1-12(2,3)10-8-13-11-7-5-4-6-9(10)11;1-9-5-7-10(8-6-9)11(2,3)4;1-8(2,3)7-4-5-9-6-7/h4-7,9H,8H2,1-3H3;4-8,13H,1-3H3;5-8H,1-4H3;4-6,9H,1-3H3. The van der Waals surface area contributed by atoms with Gasteiger partial charge in [-0.1, -0.05) is 161 Å².